The molecule has 0 amide bonds. The van der Waals surface area contributed by atoms with Gasteiger partial charge in [0, 0.05) is 38.2 Å². The summed E-state index contributed by atoms with van der Waals surface area (Å²) < 4.78 is 7.15. The van der Waals surface area contributed by atoms with Gasteiger partial charge in [0.1, 0.15) is 23.1 Å². The standard InChI is InChI=1S/C22H24N10O/c1-30(2)12-13-31(3)22-27-20-18(14-23)19(29-32(20)21(24)28-22)26-15-4-6-16(7-5-15)33-17-8-10-25-11-9-17/h4-11H,12-13H2,1-3H3,(H,26,29)(H2,24,27,28). The monoisotopic (exact) mass is 444 g/mol. The molecule has 1 aromatic carbocycles. The summed E-state index contributed by atoms with van der Waals surface area (Å²) in [6.45, 7) is 1.53. The summed E-state index contributed by atoms with van der Waals surface area (Å²) in [5, 5.41) is 17.4. The molecule has 0 saturated heterocycles. The molecule has 11 heteroatoms. The second kappa shape index (κ2) is 9.37. The molecule has 0 saturated carbocycles. The lowest BCUT2D eigenvalue weighted by atomic mass is 10.2. The first-order valence-electron chi connectivity index (χ1n) is 10.2. The van der Waals surface area contributed by atoms with Crippen LogP contribution in [0.2, 0.25) is 0 Å². The highest BCUT2D eigenvalue weighted by molar-refractivity contribution is 5.73. The van der Waals surface area contributed by atoms with Gasteiger partial charge in [0.05, 0.1) is 0 Å². The van der Waals surface area contributed by atoms with Crippen molar-refractivity contribution in [3.63, 3.8) is 0 Å². The van der Waals surface area contributed by atoms with Gasteiger partial charge < -0.3 is 25.6 Å². The molecule has 0 atom stereocenters. The molecule has 0 unspecified atom stereocenters. The van der Waals surface area contributed by atoms with Crippen LogP contribution in [0.1, 0.15) is 5.56 Å². The molecule has 168 valence electrons. The van der Waals surface area contributed by atoms with Crippen molar-refractivity contribution in [3.05, 3.63) is 54.4 Å². The fourth-order valence-electron chi connectivity index (χ4n) is 3.04. The quantitative estimate of drug-likeness (QED) is 0.417. The number of aromatic nitrogens is 5. The van der Waals surface area contributed by atoms with Crippen LogP contribution in [0.5, 0.6) is 11.5 Å². The average molecular weight is 445 g/mol. The van der Waals surface area contributed by atoms with Crippen molar-refractivity contribution in [1.29, 1.82) is 5.26 Å². The predicted molar refractivity (Wildman–Crippen MR) is 126 cm³/mol. The predicted octanol–water partition coefficient (Wildman–Crippen LogP) is 2.51. The summed E-state index contributed by atoms with van der Waals surface area (Å²) in [7, 11) is 5.87. The maximum Gasteiger partial charge on any atom is 0.230 e. The van der Waals surface area contributed by atoms with Crippen molar-refractivity contribution >= 4 is 29.0 Å². The number of benzene rings is 1. The maximum absolute atomic E-state index is 9.80. The van der Waals surface area contributed by atoms with Crippen LogP contribution in [0, 0.1) is 11.3 Å². The van der Waals surface area contributed by atoms with Gasteiger partial charge in [-0.2, -0.15) is 19.7 Å². The van der Waals surface area contributed by atoms with Crippen LogP contribution in [0.15, 0.2) is 48.8 Å². The fourth-order valence-corrected chi connectivity index (χ4v) is 3.04. The molecule has 4 aromatic rings. The number of fused-ring (bicyclic) bond motifs is 1. The minimum absolute atomic E-state index is 0.150. The first-order chi connectivity index (χ1) is 15.9. The van der Waals surface area contributed by atoms with E-state index in [2.05, 4.69) is 36.3 Å². The van der Waals surface area contributed by atoms with Crippen LogP contribution in [0.3, 0.4) is 0 Å². The number of anilines is 4. The Kier molecular flexibility index (Phi) is 6.19. The summed E-state index contributed by atoms with van der Waals surface area (Å²) in [4.78, 5) is 16.8. The Hall–Kier alpha value is -4.43. The van der Waals surface area contributed by atoms with Gasteiger partial charge >= 0.3 is 0 Å². The zero-order chi connectivity index (χ0) is 23.4. The van der Waals surface area contributed by atoms with Crippen molar-refractivity contribution in [1.82, 2.24) is 29.5 Å². The smallest absolute Gasteiger partial charge is 0.230 e. The van der Waals surface area contributed by atoms with E-state index in [4.69, 9.17) is 10.5 Å². The van der Waals surface area contributed by atoms with Gasteiger partial charge in [0.15, 0.2) is 11.5 Å². The van der Waals surface area contributed by atoms with E-state index in [-0.39, 0.29) is 11.5 Å². The molecule has 0 radical (unpaired) electrons. The lowest BCUT2D eigenvalue weighted by Crippen LogP contribution is -2.30. The molecule has 0 aliphatic rings. The van der Waals surface area contributed by atoms with E-state index in [1.165, 1.54) is 4.52 Å². The minimum atomic E-state index is 0.150. The van der Waals surface area contributed by atoms with Crippen molar-refractivity contribution in [2.45, 2.75) is 0 Å². The molecule has 0 aliphatic carbocycles. The molecule has 0 aliphatic heterocycles. The number of hydrogen-bond acceptors (Lipinski definition) is 10. The maximum atomic E-state index is 9.80. The molecule has 0 bridgehead atoms. The second-order valence-corrected chi connectivity index (χ2v) is 7.61. The molecule has 0 spiro atoms. The molecule has 3 N–H and O–H groups in total. The second-order valence-electron chi connectivity index (χ2n) is 7.61. The zero-order valence-corrected chi connectivity index (χ0v) is 18.6. The summed E-state index contributed by atoms with van der Waals surface area (Å²) in [5.74, 6) is 2.29. The normalized spacial score (nSPS) is 10.9. The van der Waals surface area contributed by atoms with Crippen LogP contribution in [0.25, 0.3) is 5.65 Å². The first kappa shape index (κ1) is 21.8. The van der Waals surface area contributed by atoms with Crippen molar-refractivity contribution < 1.29 is 4.74 Å². The molecule has 11 nitrogen and oxygen atoms in total. The Balaban J connectivity index is 1.58. The Labute approximate surface area is 191 Å². The van der Waals surface area contributed by atoms with Crippen LogP contribution in [0.4, 0.5) is 23.4 Å². The number of nitrogens with zero attached hydrogens (tertiary/aromatic N) is 8. The van der Waals surface area contributed by atoms with E-state index in [9.17, 15) is 5.26 Å². The van der Waals surface area contributed by atoms with Gasteiger partial charge in [0.2, 0.25) is 11.9 Å². The molecule has 3 heterocycles. The van der Waals surface area contributed by atoms with E-state index in [0.717, 1.165) is 12.2 Å². The van der Waals surface area contributed by atoms with Crippen LogP contribution in [-0.4, -0.2) is 63.7 Å². The lowest BCUT2D eigenvalue weighted by Gasteiger charge is -2.19. The number of pyridine rings is 1. The van der Waals surface area contributed by atoms with Gasteiger partial charge in [0.25, 0.3) is 0 Å². The molecule has 4 rings (SSSR count). The third-order valence-corrected chi connectivity index (χ3v) is 4.84. The summed E-state index contributed by atoms with van der Waals surface area (Å²) in [6.07, 6.45) is 3.33. The van der Waals surface area contributed by atoms with Gasteiger partial charge in [-0.1, -0.05) is 0 Å². The Morgan fingerprint density at radius 2 is 1.73 bits per heavy atom. The number of hydrogen-bond donors (Lipinski definition) is 2. The van der Waals surface area contributed by atoms with Gasteiger partial charge in [-0.3, -0.25) is 4.98 Å². The van der Waals surface area contributed by atoms with Crippen LogP contribution >= 0.6 is 0 Å². The number of nitrogens with one attached hydrogen (secondary N) is 1. The third-order valence-electron chi connectivity index (χ3n) is 4.84. The number of nitriles is 1. The topological polar surface area (TPSA) is 134 Å². The van der Waals surface area contributed by atoms with Gasteiger partial charge in [-0.15, -0.1) is 5.10 Å². The molecule has 3 aromatic heterocycles. The Morgan fingerprint density at radius 1 is 1.03 bits per heavy atom. The van der Waals surface area contributed by atoms with E-state index in [1.54, 1.807) is 24.5 Å². The summed E-state index contributed by atoms with van der Waals surface area (Å²) in [6, 6.07) is 13.0. The van der Waals surface area contributed by atoms with Crippen LogP contribution < -0.4 is 20.7 Å². The zero-order valence-electron chi connectivity index (χ0n) is 18.6. The van der Waals surface area contributed by atoms with E-state index in [1.807, 2.05) is 50.3 Å². The number of ether oxygens (including phenoxy) is 1. The molecular formula is C22H24N10O. The summed E-state index contributed by atoms with van der Waals surface area (Å²) in [5.41, 5.74) is 7.48. The first-order valence-corrected chi connectivity index (χ1v) is 10.2. The highest BCUT2D eigenvalue weighted by Crippen LogP contribution is 2.27. The molecular weight excluding hydrogens is 420 g/mol. The van der Waals surface area contributed by atoms with E-state index >= 15 is 0 Å². The van der Waals surface area contributed by atoms with Crippen molar-refractivity contribution in [2.75, 3.05) is 50.2 Å². The number of likely N-dealkylation sites (N-methyl/N-ethyl adjacent to an activating group) is 2. The number of nitrogen functional groups attached to an aromatic ring is 1. The Morgan fingerprint density at radius 3 is 2.39 bits per heavy atom. The molecule has 0 fully saturated rings. The van der Waals surface area contributed by atoms with Gasteiger partial charge in [-0.05, 0) is 50.5 Å². The third kappa shape index (κ3) is 4.91. The molecule has 33 heavy (non-hydrogen) atoms. The highest BCUT2D eigenvalue weighted by atomic mass is 16.5. The van der Waals surface area contributed by atoms with E-state index in [0.29, 0.717) is 35.5 Å². The minimum Gasteiger partial charge on any atom is -0.457 e. The highest BCUT2D eigenvalue weighted by Gasteiger charge is 2.19. The largest absolute Gasteiger partial charge is 0.457 e. The Bertz CT molecular complexity index is 1280. The summed E-state index contributed by atoms with van der Waals surface area (Å²) >= 11 is 0. The van der Waals surface area contributed by atoms with Crippen molar-refractivity contribution in [2.24, 2.45) is 0 Å². The van der Waals surface area contributed by atoms with Gasteiger partial charge in [-0.25, -0.2) is 0 Å². The average Bonchev–Trinajstić information content (AvgIpc) is 3.17. The SMILES string of the molecule is CN(C)CCN(C)c1nc(N)n2nc(Nc3ccc(Oc4ccncc4)cc3)c(C#N)c2n1. The fraction of sp³-hybridized carbons (Fsp3) is 0.227. The van der Waals surface area contributed by atoms with Crippen LogP contribution in [-0.2, 0) is 0 Å². The number of rotatable bonds is 8. The number of nitrogens with two attached hydrogens (primary N) is 1. The lowest BCUT2D eigenvalue weighted by molar-refractivity contribution is 0.415. The van der Waals surface area contributed by atoms with E-state index < -0.39 is 0 Å². The van der Waals surface area contributed by atoms with Crippen molar-refractivity contribution in [3.8, 4) is 17.6 Å².